The third kappa shape index (κ3) is 2.45. The first-order valence-electron chi connectivity index (χ1n) is 7.36. The van der Waals surface area contributed by atoms with E-state index in [0.717, 1.165) is 19.6 Å². The van der Waals surface area contributed by atoms with Crippen molar-refractivity contribution in [2.75, 3.05) is 19.6 Å². The lowest BCUT2D eigenvalue weighted by molar-refractivity contribution is 0.321. The van der Waals surface area contributed by atoms with Crippen LogP contribution in [-0.4, -0.2) is 25.2 Å². The summed E-state index contributed by atoms with van der Waals surface area (Å²) in [6.07, 6.45) is 11.7. The van der Waals surface area contributed by atoms with Gasteiger partial charge in [-0.3, -0.25) is 0 Å². The molecule has 2 fully saturated rings. The third-order valence-electron chi connectivity index (χ3n) is 4.08. The molecular weight excluding hydrogens is 220 g/mol. The van der Waals surface area contributed by atoms with E-state index in [-0.39, 0.29) is 5.54 Å². The van der Waals surface area contributed by atoms with Gasteiger partial charge in [0.05, 0.1) is 0 Å². The van der Waals surface area contributed by atoms with Crippen LogP contribution in [0.25, 0.3) is 0 Å². The lowest BCUT2D eigenvalue weighted by atomic mass is 9.81. The SMILES string of the molecule is CC.CC1C=CC=C2C(=C1)CNC21CCNCC1. The van der Waals surface area contributed by atoms with Crippen molar-refractivity contribution < 1.29 is 0 Å². The highest BCUT2D eigenvalue weighted by molar-refractivity contribution is 5.49. The topological polar surface area (TPSA) is 24.1 Å². The number of rotatable bonds is 0. The van der Waals surface area contributed by atoms with Crippen molar-refractivity contribution in [2.45, 2.75) is 39.2 Å². The van der Waals surface area contributed by atoms with E-state index in [4.69, 9.17) is 0 Å². The summed E-state index contributed by atoms with van der Waals surface area (Å²) < 4.78 is 0. The highest BCUT2D eigenvalue weighted by Crippen LogP contribution is 2.38. The fourth-order valence-electron chi connectivity index (χ4n) is 3.18. The quantitative estimate of drug-likeness (QED) is 0.687. The molecular formula is C16H26N2. The molecule has 3 rings (SSSR count). The van der Waals surface area contributed by atoms with Gasteiger partial charge in [0.25, 0.3) is 0 Å². The van der Waals surface area contributed by atoms with E-state index in [1.165, 1.54) is 18.4 Å². The second-order valence-corrected chi connectivity index (χ2v) is 5.20. The van der Waals surface area contributed by atoms with Crippen LogP contribution in [0.2, 0.25) is 0 Å². The van der Waals surface area contributed by atoms with Gasteiger partial charge in [0.2, 0.25) is 0 Å². The molecule has 2 heteroatoms. The van der Waals surface area contributed by atoms with E-state index >= 15 is 0 Å². The van der Waals surface area contributed by atoms with Gasteiger partial charge in [0.15, 0.2) is 0 Å². The highest BCUT2D eigenvalue weighted by Gasteiger charge is 2.41. The van der Waals surface area contributed by atoms with Gasteiger partial charge in [-0.15, -0.1) is 0 Å². The molecule has 0 aromatic carbocycles. The summed E-state index contributed by atoms with van der Waals surface area (Å²) in [7, 11) is 0. The lowest BCUT2D eigenvalue weighted by Gasteiger charge is -2.35. The van der Waals surface area contributed by atoms with E-state index < -0.39 is 0 Å². The molecule has 2 heterocycles. The van der Waals surface area contributed by atoms with E-state index in [2.05, 4.69) is 41.9 Å². The highest BCUT2D eigenvalue weighted by atomic mass is 15.1. The summed E-state index contributed by atoms with van der Waals surface area (Å²) >= 11 is 0. The number of hydrogen-bond donors (Lipinski definition) is 2. The van der Waals surface area contributed by atoms with Gasteiger partial charge in [0, 0.05) is 12.1 Å². The van der Waals surface area contributed by atoms with Gasteiger partial charge < -0.3 is 10.6 Å². The molecule has 18 heavy (non-hydrogen) atoms. The van der Waals surface area contributed by atoms with Crippen molar-refractivity contribution in [1.29, 1.82) is 0 Å². The molecule has 1 unspecified atom stereocenters. The summed E-state index contributed by atoms with van der Waals surface area (Å²) in [5.41, 5.74) is 3.35. The van der Waals surface area contributed by atoms with E-state index in [0.29, 0.717) is 5.92 Å². The summed E-state index contributed by atoms with van der Waals surface area (Å²) in [6, 6.07) is 0. The number of fused-ring (bicyclic) bond motifs is 2. The normalized spacial score (nSPS) is 28.7. The Labute approximate surface area is 111 Å². The fraction of sp³-hybridized carbons (Fsp3) is 0.625. The van der Waals surface area contributed by atoms with Crippen LogP contribution < -0.4 is 10.6 Å². The maximum Gasteiger partial charge on any atom is 0.0464 e. The summed E-state index contributed by atoms with van der Waals surface area (Å²) in [4.78, 5) is 0. The van der Waals surface area contributed by atoms with E-state index in [1.807, 2.05) is 13.8 Å². The number of nitrogens with one attached hydrogen (secondary N) is 2. The number of piperidine rings is 1. The van der Waals surface area contributed by atoms with Gasteiger partial charge in [0.1, 0.15) is 0 Å². The largest absolute Gasteiger partial charge is 0.317 e. The van der Waals surface area contributed by atoms with Crippen LogP contribution in [0.3, 0.4) is 0 Å². The number of allylic oxidation sites excluding steroid dienone is 4. The Balaban J connectivity index is 0.000000574. The van der Waals surface area contributed by atoms with Gasteiger partial charge in [-0.1, -0.05) is 45.1 Å². The van der Waals surface area contributed by atoms with Crippen molar-refractivity contribution in [2.24, 2.45) is 5.92 Å². The van der Waals surface area contributed by atoms with Crippen LogP contribution in [0.4, 0.5) is 0 Å². The monoisotopic (exact) mass is 246 g/mol. The first-order chi connectivity index (χ1) is 8.80. The Bertz CT molecular complexity index is 371. The Morgan fingerprint density at radius 1 is 1.22 bits per heavy atom. The third-order valence-corrected chi connectivity index (χ3v) is 4.08. The van der Waals surface area contributed by atoms with Crippen molar-refractivity contribution in [3.63, 3.8) is 0 Å². The average molecular weight is 246 g/mol. The maximum atomic E-state index is 3.75. The summed E-state index contributed by atoms with van der Waals surface area (Å²) in [6.45, 7) is 9.58. The maximum absolute atomic E-state index is 3.75. The minimum atomic E-state index is 0.269. The molecule has 3 aliphatic rings. The van der Waals surface area contributed by atoms with Crippen molar-refractivity contribution >= 4 is 0 Å². The van der Waals surface area contributed by atoms with E-state index in [1.54, 1.807) is 5.57 Å². The minimum absolute atomic E-state index is 0.269. The summed E-state index contributed by atoms with van der Waals surface area (Å²) in [5, 5.41) is 7.20. The molecule has 0 aromatic heterocycles. The van der Waals surface area contributed by atoms with Gasteiger partial charge >= 0.3 is 0 Å². The van der Waals surface area contributed by atoms with Crippen LogP contribution in [0.15, 0.2) is 35.5 Å². The van der Waals surface area contributed by atoms with E-state index in [9.17, 15) is 0 Å². The zero-order chi connectivity index (χ0) is 13.0. The molecule has 2 N–H and O–H groups in total. The molecule has 0 aromatic rings. The molecule has 100 valence electrons. The fourth-order valence-corrected chi connectivity index (χ4v) is 3.18. The average Bonchev–Trinajstić information content (AvgIpc) is 2.62. The lowest BCUT2D eigenvalue weighted by Crippen LogP contribution is -2.49. The standard InChI is InChI=1S/C14H20N2.C2H6/c1-11-3-2-4-13-12(9-11)10-16-14(13)5-7-15-8-6-14;1-2/h2-4,9,11,15-16H,5-8,10H2,1H3;1-2H3. The van der Waals surface area contributed by atoms with Crippen LogP contribution in [-0.2, 0) is 0 Å². The Hall–Kier alpha value is -0.860. The molecule has 2 aliphatic heterocycles. The van der Waals surface area contributed by atoms with Gasteiger partial charge in [-0.05, 0) is 43.0 Å². The molecule has 0 saturated carbocycles. The summed E-state index contributed by atoms with van der Waals surface area (Å²) in [5.74, 6) is 0.572. The predicted molar refractivity (Wildman–Crippen MR) is 78.7 cm³/mol. The smallest absolute Gasteiger partial charge is 0.0464 e. The van der Waals surface area contributed by atoms with Crippen LogP contribution >= 0.6 is 0 Å². The van der Waals surface area contributed by atoms with Crippen molar-refractivity contribution in [1.82, 2.24) is 10.6 Å². The molecule has 0 radical (unpaired) electrons. The molecule has 1 atom stereocenters. The molecule has 0 bridgehead atoms. The molecule has 1 aliphatic carbocycles. The molecule has 2 nitrogen and oxygen atoms in total. The Morgan fingerprint density at radius 3 is 2.67 bits per heavy atom. The van der Waals surface area contributed by atoms with Crippen molar-refractivity contribution in [3.8, 4) is 0 Å². The Kier molecular flexibility index (Phi) is 4.41. The molecule has 1 spiro atoms. The first kappa shape index (κ1) is 13.6. The van der Waals surface area contributed by atoms with Gasteiger partial charge in [-0.2, -0.15) is 0 Å². The number of hydrogen-bond acceptors (Lipinski definition) is 2. The minimum Gasteiger partial charge on any atom is -0.317 e. The predicted octanol–water partition coefficient (Wildman–Crippen LogP) is 2.80. The molecule has 0 amide bonds. The first-order valence-corrected chi connectivity index (χ1v) is 7.36. The second kappa shape index (κ2) is 5.85. The Morgan fingerprint density at radius 2 is 1.94 bits per heavy atom. The van der Waals surface area contributed by atoms with Crippen LogP contribution in [0.5, 0.6) is 0 Å². The zero-order valence-electron chi connectivity index (χ0n) is 11.9. The second-order valence-electron chi connectivity index (χ2n) is 5.20. The van der Waals surface area contributed by atoms with Crippen LogP contribution in [0, 0.1) is 5.92 Å². The van der Waals surface area contributed by atoms with Crippen molar-refractivity contribution in [3.05, 3.63) is 35.5 Å². The van der Waals surface area contributed by atoms with Crippen LogP contribution in [0.1, 0.15) is 33.6 Å². The molecule has 2 saturated heterocycles. The zero-order valence-corrected chi connectivity index (χ0v) is 11.9. The van der Waals surface area contributed by atoms with Gasteiger partial charge in [-0.25, -0.2) is 0 Å².